The highest BCUT2D eigenvalue weighted by Gasteiger charge is 2.43. The SMILES string of the molecule is CN1C(=O)CC(C(=O)N[C@H]2CCCNC2)C1c1cccnc1.Cl.Cl. The van der Waals surface area contributed by atoms with Crippen LogP contribution in [0.25, 0.3) is 0 Å². The van der Waals surface area contributed by atoms with Gasteiger partial charge in [0, 0.05) is 38.4 Å². The van der Waals surface area contributed by atoms with Gasteiger partial charge >= 0.3 is 0 Å². The van der Waals surface area contributed by atoms with Gasteiger partial charge in [0.2, 0.25) is 11.8 Å². The Morgan fingerprint density at radius 1 is 1.42 bits per heavy atom. The van der Waals surface area contributed by atoms with Crippen LogP contribution in [0.2, 0.25) is 0 Å². The number of nitrogens with one attached hydrogen (secondary N) is 2. The van der Waals surface area contributed by atoms with Crippen LogP contribution >= 0.6 is 24.8 Å². The third-order valence-electron chi connectivity index (χ3n) is 4.59. The first kappa shape index (κ1) is 20.7. The number of aromatic nitrogens is 1. The van der Waals surface area contributed by atoms with Gasteiger partial charge in [-0.25, -0.2) is 0 Å². The first-order chi connectivity index (χ1) is 10.7. The quantitative estimate of drug-likeness (QED) is 0.836. The van der Waals surface area contributed by atoms with Crippen LogP contribution in [-0.2, 0) is 9.59 Å². The van der Waals surface area contributed by atoms with Gasteiger partial charge < -0.3 is 15.5 Å². The maximum Gasteiger partial charge on any atom is 0.226 e. The van der Waals surface area contributed by atoms with E-state index in [2.05, 4.69) is 15.6 Å². The maximum atomic E-state index is 12.7. The fourth-order valence-corrected chi connectivity index (χ4v) is 3.39. The lowest BCUT2D eigenvalue weighted by molar-refractivity contribution is -0.128. The molecule has 0 saturated carbocycles. The molecule has 2 N–H and O–H groups in total. The lowest BCUT2D eigenvalue weighted by Gasteiger charge is -2.28. The molecule has 134 valence electrons. The van der Waals surface area contributed by atoms with E-state index in [4.69, 9.17) is 0 Å². The molecule has 2 aliphatic rings. The fraction of sp³-hybridized carbons (Fsp3) is 0.562. The first-order valence-electron chi connectivity index (χ1n) is 7.83. The van der Waals surface area contributed by atoms with Crippen molar-refractivity contribution >= 4 is 36.6 Å². The average molecular weight is 375 g/mol. The zero-order valence-electron chi connectivity index (χ0n) is 13.6. The molecule has 1 aromatic heterocycles. The van der Waals surface area contributed by atoms with Crippen LogP contribution in [0.3, 0.4) is 0 Å². The summed E-state index contributed by atoms with van der Waals surface area (Å²) < 4.78 is 0. The average Bonchev–Trinajstić information content (AvgIpc) is 2.85. The Bertz CT molecular complexity index is 552. The van der Waals surface area contributed by atoms with Crippen LogP contribution in [0.5, 0.6) is 0 Å². The summed E-state index contributed by atoms with van der Waals surface area (Å²) >= 11 is 0. The molecule has 1 aromatic rings. The number of amides is 2. The van der Waals surface area contributed by atoms with Crippen LogP contribution in [0.15, 0.2) is 24.5 Å². The maximum absolute atomic E-state index is 12.7. The lowest BCUT2D eigenvalue weighted by atomic mass is 9.93. The van der Waals surface area contributed by atoms with Crippen LogP contribution in [-0.4, -0.2) is 47.9 Å². The molecule has 6 nitrogen and oxygen atoms in total. The normalized spacial score (nSPS) is 26.3. The van der Waals surface area contributed by atoms with Crippen molar-refractivity contribution in [3.8, 4) is 0 Å². The third kappa shape index (κ3) is 4.37. The Labute approximate surface area is 154 Å². The molecule has 0 radical (unpaired) electrons. The number of piperidine rings is 1. The van der Waals surface area contributed by atoms with Crippen LogP contribution < -0.4 is 10.6 Å². The topological polar surface area (TPSA) is 74.3 Å². The van der Waals surface area contributed by atoms with E-state index in [0.29, 0.717) is 0 Å². The summed E-state index contributed by atoms with van der Waals surface area (Å²) in [5.41, 5.74) is 0.915. The van der Waals surface area contributed by atoms with E-state index in [1.165, 1.54) is 0 Å². The molecule has 8 heteroatoms. The van der Waals surface area contributed by atoms with Crippen molar-refractivity contribution in [1.82, 2.24) is 20.5 Å². The number of nitrogens with zero attached hydrogens (tertiary/aromatic N) is 2. The smallest absolute Gasteiger partial charge is 0.226 e. The molecule has 0 aromatic carbocycles. The van der Waals surface area contributed by atoms with Crippen LogP contribution in [0, 0.1) is 5.92 Å². The number of hydrogen-bond acceptors (Lipinski definition) is 4. The molecule has 2 unspecified atom stereocenters. The molecule has 24 heavy (non-hydrogen) atoms. The summed E-state index contributed by atoms with van der Waals surface area (Å²) in [6.07, 6.45) is 5.76. The second kappa shape index (κ2) is 9.20. The summed E-state index contributed by atoms with van der Waals surface area (Å²) in [7, 11) is 1.76. The number of rotatable bonds is 3. The molecule has 2 fully saturated rings. The molecule has 2 amide bonds. The van der Waals surface area contributed by atoms with E-state index in [1.54, 1.807) is 24.3 Å². The number of carbonyl (C=O) groups excluding carboxylic acids is 2. The van der Waals surface area contributed by atoms with Crippen molar-refractivity contribution in [2.45, 2.75) is 31.3 Å². The Morgan fingerprint density at radius 2 is 2.21 bits per heavy atom. The summed E-state index contributed by atoms with van der Waals surface area (Å²) in [5.74, 6) is -0.361. The highest BCUT2D eigenvalue weighted by Crippen LogP contribution is 2.36. The first-order valence-corrected chi connectivity index (χ1v) is 7.83. The van der Waals surface area contributed by atoms with Crippen molar-refractivity contribution in [3.05, 3.63) is 30.1 Å². The zero-order valence-corrected chi connectivity index (χ0v) is 15.2. The minimum Gasteiger partial charge on any atom is -0.352 e. The second-order valence-electron chi connectivity index (χ2n) is 6.10. The van der Waals surface area contributed by atoms with Gasteiger partial charge in [-0.15, -0.1) is 24.8 Å². The van der Waals surface area contributed by atoms with E-state index in [1.807, 2.05) is 12.1 Å². The number of halogens is 2. The van der Waals surface area contributed by atoms with Crippen molar-refractivity contribution in [2.24, 2.45) is 5.92 Å². The van der Waals surface area contributed by atoms with Crippen LogP contribution in [0.1, 0.15) is 30.9 Å². The van der Waals surface area contributed by atoms with Crippen molar-refractivity contribution in [2.75, 3.05) is 20.1 Å². The molecule has 0 spiro atoms. The summed E-state index contributed by atoms with van der Waals surface area (Å²) in [5, 5.41) is 6.39. The molecule has 2 saturated heterocycles. The number of pyridine rings is 1. The highest BCUT2D eigenvalue weighted by atomic mass is 35.5. The standard InChI is InChI=1S/C16H22N4O2.2ClH/c1-20-14(21)8-13(15(20)11-4-2-6-17-9-11)16(22)19-12-5-3-7-18-10-12;;/h2,4,6,9,12-13,15,18H,3,5,7-8,10H2,1H3,(H,19,22);2*1H/t12-,13?,15?;;/m0../s1. The molecule has 2 aliphatic heterocycles. The van der Waals surface area contributed by atoms with Crippen molar-refractivity contribution in [1.29, 1.82) is 0 Å². The number of likely N-dealkylation sites (tertiary alicyclic amines) is 1. The summed E-state index contributed by atoms with van der Waals surface area (Å²) in [4.78, 5) is 30.5. The predicted octanol–water partition coefficient (Wildman–Crippen LogP) is 1.31. The Morgan fingerprint density at radius 3 is 2.83 bits per heavy atom. The molecular weight excluding hydrogens is 351 g/mol. The van der Waals surface area contributed by atoms with Gasteiger partial charge in [0.1, 0.15) is 0 Å². The van der Waals surface area contributed by atoms with Crippen molar-refractivity contribution in [3.63, 3.8) is 0 Å². The Hall–Kier alpha value is -1.37. The Balaban J connectivity index is 0.00000144. The van der Waals surface area contributed by atoms with E-state index < -0.39 is 0 Å². The Kier molecular flexibility index (Phi) is 7.93. The molecule has 3 heterocycles. The number of hydrogen-bond donors (Lipinski definition) is 2. The third-order valence-corrected chi connectivity index (χ3v) is 4.59. The van der Waals surface area contributed by atoms with Gasteiger partial charge in [0.15, 0.2) is 0 Å². The van der Waals surface area contributed by atoms with E-state index in [0.717, 1.165) is 31.5 Å². The van der Waals surface area contributed by atoms with Gasteiger partial charge in [-0.2, -0.15) is 0 Å². The largest absolute Gasteiger partial charge is 0.352 e. The molecule has 3 rings (SSSR count). The molecule has 0 bridgehead atoms. The van der Waals surface area contributed by atoms with E-state index in [-0.39, 0.29) is 61.1 Å². The molecule has 0 aliphatic carbocycles. The minimum atomic E-state index is -0.344. The monoisotopic (exact) mass is 374 g/mol. The molecular formula is C16H24Cl2N4O2. The van der Waals surface area contributed by atoms with Gasteiger partial charge in [-0.1, -0.05) is 6.07 Å². The summed E-state index contributed by atoms with van der Waals surface area (Å²) in [6.45, 7) is 1.81. The van der Waals surface area contributed by atoms with Crippen molar-refractivity contribution < 1.29 is 9.59 Å². The van der Waals surface area contributed by atoms with Crippen LogP contribution in [0.4, 0.5) is 0 Å². The fourth-order valence-electron chi connectivity index (χ4n) is 3.39. The van der Waals surface area contributed by atoms with E-state index in [9.17, 15) is 9.59 Å². The van der Waals surface area contributed by atoms with Gasteiger partial charge in [0.25, 0.3) is 0 Å². The second-order valence-corrected chi connectivity index (χ2v) is 6.10. The van der Waals surface area contributed by atoms with Gasteiger partial charge in [-0.3, -0.25) is 14.6 Å². The van der Waals surface area contributed by atoms with E-state index >= 15 is 0 Å². The lowest BCUT2D eigenvalue weighted by Crippen LogP contribution is -2.48. The number of carbonyl (C=O) groups is 2. The van der Waals surface area contributed by atoms with Gasteiger partial charge in [-0.05, 0) is 31.0 Å². The minimum absolute atomic E-state index is 0. The predicted molar refractivity (Wildman–Crippen MR) is 96.4 cm³/mol. The zero-order chi connectivity index (χ0) is 15.5. The van der Waals surface area contributed by atoms with Gasteiger partial charge in [0.05, 0.1) is 12.0 Å². The molecule has 3 atom stereocenters. The highest BCUT2D eigenvalue weighted by molar-refractivity contribution is 5.90. The summed E-state index contributed by atoms with van der Waals surface area (Å²) in [6, 6.07) is 3.70.